The van der Waals surface area contributed by atoms with Gasteiger partial charge in [0.2, 0.25) is 0 Å². The number of carbonyl (C=O) groups is 2. The van der Waals surface area contributed by atoms with E-state index in [4.69, 9.17) is 18.9 Å². The second kappa shape index (κ2) is 12.6. The number of hydrogen-bond acceptors (Lipinski definition) is 7. The Morgan fingerprint density at radius 2 is 1.56 bits per heavy atom. The number of anilines is 1. The first-order valence-corrected chi connectivity index (χ1v) is 15.3. The summed E-state index contributed by atoms with van der Waals surface area (Å²) in [5.41, 5.74) is 7.50. The molecule has 0 aliphatic carbocycles. The fourth-order valence-electron chi connectivity index (χ4n) is 6.60. The van der Waals surface area contributed by atoms with Crippen LogP contribution >= 0.6 is 0 Å². The van der Waals surface area contributed by atoms with Gasteiger partial charge in [0, 0.05) is 66.9 Å². The van der Waals surface area contributed by atoms with Crippen molar-refractivity contribution < 1.29 is 28.5 Å². The molecule has 6 rings (SSSR count). The van der Waals surface area contributed by atoms with E-state index >= 15 is 0 Å². The zero-order chi connectivity index (χ0) is 31.7. The van der Waals surface area contributed by atoms with Crippen molar-refractivity contribution in [3.05, 3.63) is 83.0 Å². The maximum absolute atomic E-state index is 13.8. The first-order valence-electron chi connectivity index (χ1n) is 15.3. The number of carbonyl (C=O) groups excluding carboxylic acids is 2. The summed E-state index contributed by atoms with van der Waals surface area (Å²) in [6.07, 6.45) is 0.778. The lowest BCUT2D eigenvalue weighted by molar-refractivity contribution is 0.0527. The van der Waals surface area contributed by atoms with Gasteiger partial charge in [-0.2, -0.15) is 0 Å². The summed E-state index contributed by atoms with van der Waals surface area (Å²) < 4.78 is 24.4. The minimum Gasteiger partial charge on any atom is -0.497 e. The molecule has 0 saturated carbocycles. The molecule has 9 nitrogen and oxygen atoms in total. The number of nitrogens with zero attached hydrogens (tertiary/aromatic N) is 3. The van der Waals surface area contributed by atoms with Crippen LogP contribution in [0.2, 0.25) is 0 Å². The zero-order valence-corrected chi connectivity index (χ0v) is 26.5. The number of aromatic nitrogens is 1. The van der Waals surface area contributed by atoms with Gasteiger partial charge in [0.15, 0.2) is 11.5 Å². The molecule has 45 heavy (non-hydrogen) atoms. The van der Waals surface area contributed by atoms with Gasteiger partial charge in [-0.15, -0.1) is 0 Å². The topological polar surface area (TPSA) is 82.5 Å². The second-order valence-corrected chi connectivity index (χ2v) is 11.2. The summed E-state index contributed by atoms with van der Waals surface area (Å²) in [4.78, 5) is 31.6. The summed E-state index contributed by atoms with van der Waals surface area (Å²) >= 11 is 0. The maximum atomic E-state index is 13.8. The summed E-state index contributed by atoms with van der Waals surface area (Å²) in [6.45, 7) is 7.45. The van der Waals surface area contributed by atoms with Crippen LogP contribution < -0.4 is 19.1 Å². The monoisotopic (exact) mass is 609 g/mol. The Kier molecular flexibility index (Phi) is 8.43. The minimum absolute atomic E-state index is 0.0244. The fourth-order valence-corrected chi connectivity index (χ4v) is 6.60. The van der Waals surface area contributed by atoms with Crippen LogP contribution in [0, 0.1) is 6.92 Å². The molecule has 0 atom stereocenters. The van der Waals surface area contributed by atoms with E-state index in [1.807, 2.05) is 73.3 Å². The molecule has 3 aromatic carbocycles. The quantitative estimate of drug-likeness (QED) is 0.232. The van der Waals surface area contributed by atoms with E-state index in [2.05, 4.69) is 15.5 Å². The van der Waals surface area contributed by atoms with Gasteiger partial charge >= 0.3 is 5.97 Å². The van der Waals surface area contributed by atoms with Crippen LogP contribution in [0.3, 0.4) is 0 Å². The first kappa shape index (κ1) is 30.1. The molecule has 234 valence electrons. The third-order valence-electron chi connectivity index (χ3n) is 8.86. The van der Waals surface area contributed by atoms with Crippen molar-refractivity contribution in [3.63, 3.8) is 0 Å². The molecule has 0 radical (unpaired) electrons. The van der Waals surface area contributed by atoms with Crippen molar-refractivity contribution in [2.24, 2.45) is 0 Å². The van der Waals surface area contributed by atoms with Crippen molar-refractivity contribution in [1.82, 2.24) is 9.47 Å². The average Bonchev–Trinajstić information content (AvgIpc) is 3.39. The van der Waals surface area contributed by atoms with Crippen molar-refractivity contribution in [2.45, 2.75) is 26.8 Å². The van der Waals surface area contributed by atoms with E-state index in [0.717, 1.165) is 64.6 Å². The lowest BCUT2D eigenvalue weighted by atomic mass is 9.93. The van der Waals surface area contributed by atoms with Gasteiger partial charge in [-0.3, -0.25) is 4.79 Å². The van der Waals surface area contributed by atoms with Crippen LogP contribution in [0.5, 0.6) is 17.2 Å². The number of methoxy groups -OCH3 is 3. The predicted molar refractivity (Wildman–Crippen MR) is 174 cm³/mol. The Labute approximate surface area is 263 Å². The van der Waals surface area contributed by atoms with Gasteiger partial charge in [-0.25, -0.2) is 4.79 Å². The van der Waals surface area contributed by atoms with Gasteiger partial charge in [0.1, 0.15) is 5.75 Å². The smallest absolute Gasteiger partial charge is 0.340 e. The number of hydrogen-bond donors (Lipinski definition) is 0. The van der Waals surface area contributed by atoms with Crippen LogP contribution in [0.15, 0.2) is 60.7 Å². The highest BCUT2D eigenvalue weighted by atomic mass is 16.5. The van der Waals surface area contributed by atoms with Gasteiger partial charge in [-0.1, -0.05) is 18.2 Å². The van der Waals surface area contributed by atoms with Crippen LogP contribution in [0.1, 0.15) is 38.9 Å². The van der Waals surface area contributed by atoms with E-state index < -0.39 is 5.97 Å². The summed E-state index contributed by atoms with van der Waals surface area (Å²) in [6, 6.07) is 19.5. The van der Waals surface area contributed by atoms with E-state index in [1.54, 1.807) is 21.3 Å². The summed E-state index contributed by atoms with van der Waals surface area (Å²) in [7, 11) is 4.89. The third-order valence-corrected chi connectivity index (χ3v) is 8.86. The Morgan fingerprint density at radius 3 is 2.27 bits per heavy atom. The highest BCUT2D eigenvalue weighted by Gasteiger charge is 2.33. The predicted octanol–water partition coefficient (Wildman–Crippen LogP) is 5.85. The van der Waals surface area contributed by atoms with Crippen molar-refractivity contribution in [3.8, 4) is 39.6 Å². The van der Waals surface area contributed by atoms with E-state index in [9.17, 15) is 9.59 Å². The normalized spacial score (nSPS) is 14.0. The minimum atomic E-state index is -0.391. The molecule has 0 unspecified atom stereocenters. The lowest BCUT2D eigenvalue weighted by Gasteiger charge is -2.36. The summed E-state index contributed by atoms with van der Waals surface area (Å²) in [5, 5.41) is 0. The number of piperazine rings is 1. The second-order valence-electron chi connectivity index (χ2n) is 11.2. The molecule has 1 aromatic heterocycles. The fraction of sp³-hybridized carbons (Fsp3) is 0.333. The van der Waals surface area contributed by atoms with E-state index in [0.29, 0.717) is 42.3 Å². The molecule has 1 fully saturated rings. The highest BCUT2D eigenvalue weighted by molar-refractivity contribution is 6.06. The molecule has 0 N–H and O–H groups in total. The molecule has 3 heterocycles. The van der Waals surface area contributed by atoms with E-state index in [1.165, 1.54) is 0 Å². The molecule has 1 saturated heterocycles. The number of amides is 1. The average molecular weight is 610 g/mol. The van der Waals surface area contributed by atoms with Crippen LogP contribution in [0.25, 0.3) is 22.4 Å². The number of esters is 1. The number of fused-ring (bicyclic) bond motifs is 3. The Hall–Kier alpha value is -4.92. The van der Waals surface area contributed by atoms with Gasteiger partial charge in [-0.05, 0) is 67.8 Å². The molecule has 2 aliphatic heterocycles. The lowest BCUT2D eigenvalue weighted by Crippen LogP contribution is -2.48. The van der Waals surface area contributed by atoms with Crippen LogP contribution in [-0.2, 0) is 17.7 Å². The highest BCUT2D eigenvalue weighted by Crippen LogP contribution is 2.45. The van der Waals surface area contributed by atoms with Crippen molar-refractivity contribution >= 4 is 17.6 Å². The zero-order valence-electron chi connectivity index (χ0n) is 26.5. The summed E-state index contributed by atoms with van der Waals surface area (Å²) in [5.74, 6) is 1.65. The number of benzene rings is 3. The molecule has 1 amide bonds. The van der Waals surface area contributed by atoms with Gasteiger partial charge in [0.05, 0.1) is 39.2 Å². The molecule has 0 bridgehead atoms. The molecule has 0 spiro atoms. The number of rotatable bonds is 8. The van der Waals surface area contributed by atoms with Crippen LogP contribution in [-0.4, -0.2) is 75.5 Å². The Bertz CT molecular complexity index is 1750. The van der Waals surface area contributed by atoms with E-state index in [-0.39, 0.29) is 12.5 Å². The van der Waals surface area contributed by atoms with Crippen molar-refractivity contribution in [2.75, 3.05) is 59.0 Å². The standard InChI is InChI=1S/C36H39N3O6/c1-6-45-36(41)33-32(23(2)39-14-13-24-20-30(43-4)31(44-5)22-29(24)34(33)39)25-9-7-10-26(19-25)35(40)38-17-15-37(16-18-38)27-11-8-12-28(21-27)42-3/h7-12,19-22H,6,13-18H2,1-5H3. The SMILES string of the molecule is CCOC(=O)c1c(-c2cccc(C(=O)N3CCN(c4cccc(OC)c4)CC3)c2)c(C)n2c1-c1cc(OC)c(OC)cc1CC2. The van der Waals surface area contributed by atoms with Crippen LogP contribution in [0.4, 0.5) is 5.69 Å². The van der Waals surface area contributed by atoms with Crippen molar-refractivity contribution in [1.29, 1.82) is 0 Å². The van der Waals surface area contributed by atoms with Gasteiger partial charge in [0.25, 0.3) is 5.91 Å². The number of aryl methyl sites for hydroxylation is 1. The molecular formula is C36H39N3O6. The Morgan fingerprint density at radius 1 is 0.822 bits per heavy atom. The largest absolute Gasteiger partial charge is 0.497 e. The third kappa shape index (κ3) is 5.47. The van der Waals surface area contributed by atoms with Gasteiger partial charge < -0.3 is 33.3 Å². The first-order chi connectivity index (χ1) is 21.9. The molecule has 2 aliphatic rings. The molecule has 4 aromatic rings. The Balaban J connectivity index is 1.34. The molecule has 9 heteroatoms. The number of ether oxygens (including phenoxy) is 4. The molecular weight excluding hydrogens is 570 g/mol. The maximum Gasteiger partial charge on any atom is 0.340 e.